The summed E-state index contributed by atoms with van der Waals surface area (Å²) in [5.74, 6) is 0.210. The first-order valence-electron chi connectivity index (χ1n) is 5.77. The molecule has 1 aliphatic carbocycles. The van der Waals surface area contributed by atoms with Crippen LogP contribution in [-0.2, 0) is 4.79 Å². The summed E-state index contributed by atoms with van der Waals surface area (Å²) in [4.78, 5) is 11.9. The van der Waals surface area contributed by atoms with Gasteiger partial charge in [-0.1, -0.05) is 12.8 Å². The van der Waals surface area contributed by atoms with Crippen molar-refractivity contribution >= 4 is 5.91 Å². The molecule has 0 aromatic carbocycles. The van der Waals surface area contributed by atoms with E-state index in [0.29, 0.717) is 6.04 Å². The van der Waals surface area contributed by atoms with Crippen molar-refractivity contribution in [1.29, 1.82) is 0 Å². The summed E-state index contributed by atoms with van der Waals surface area (Å²) in [6, 6.07) is 0.446. The van der Waals surface area contributed by atoms with Gasteiger partial charge in [0.15, 0.2) is 0 Å². The van der Waals surface area contributed by atoms with E-state index in [0.717, 1.165) is 19.4 Å². The van der Waals surface area contributed by atoms with Crippen LogP contribution >= 0.6 is 0 Å². The molecule has 80 valence electrons. The van der Waals surface area contributed by atoms with Crippen LogP contribution in [0, 0.1) is 0 Å². The van der Waals surface area contributed by atoms with E-state index in [4.69, 9.17) is 0 Å². The van der Waals surface area contributed by atoms with Crippen LogP contribution in [-0.4, -0.2) is 24.0 Å². The third-order valence-corrected chi connectivity index (χ3v) is 3.56. The molecular formula is C11H20N2O. The molecule has 0 radical (unpaired) electrons. The highest BCUT2D eigenvalue weighted by Crippen LogP contribution is 2.22. The Hall–Kier alpha value is -0.570. The van der Waals surface area contributed by atoms with Crippen LogP contribution in [0.25, 0.3) is 0 Å². The van der Waals surface area contributed by atoms with Crippen molar-refractivity contribution in [2.45, 2.75) is 57.0 Å². The predicted octanol–water partition coefficient (Wildman–Crippen LogP) is 1.19. The summed E-state index contributed by atoms with van der Waals surface area (Å²) < 4.78 is 0. The predicted molar refractivity (Wildman–Crippen MR) is 56.0 cm³/mol. The number of nitrogens with one attached hydrogen (secondary N) is 2. The molecule has 1 atom stereocenters. The van der Waals surface area contributed by atoms with E-state index in [-0.39, 0.29) is 11.4 Å². The summed E-state index contributed by atoms with van der Waals surface area (Å²) in [5.41, 5.74) is -0.289. The van der Waals surface area contributed by atoms with Crippen molar-refractivity contribution in [3.05, 3.63) is 0 Å². The lowest BCUT2D eigenvalue weighted by atomic mass is 9.99. The van der Waals surface area contributed by atoms with Gasteiger partial charge in [-0.2, -0.15) is 0 Å². The van der Waals surface area contributed by atoms with Crippen molar-refractivity contribution in [1.82, 2.24) is 10.6 Å². The number of hydrogen-bond donors (Lipinski definition) is 2. The van der Waals surface area contributed by atoms with Crippen LogP contribution in [0.2, 0.25) is 0 Å². The largest absolute Gasteiger partial charge is 0.352 e. The Morgan fingerprint density at radius 2 is 2.07 bits per heavy atom. The summed E-state index contributed by atoms with van der Waals surface area (Å²) >= 11 is 0. The Morgan fingerprint density at radius 1 is 1.36 bits per heavy atom. The summed E-state index contributed by atoms with van der Waals surface area (Å²) in [7, 11) is 0. The van der Waals surface area contributed by atoms with E-state index in [2.05, 4.69) is 10.6 Å². The zero-order valence-electron chi connectivity index (χ0n) is 8.94. The SMILES string of the molecule is C[C@@]1(C(=O)NC2CCCC2)CCCN1. The molecule has 0 aromatic heterocycles. The van der Waals surface area contributed by atoms with E-state index in [9.17, 15) is 4.79 Å². The monoisotopic (exact) mass is 196 g/mol. The molecule has 2 N–H and O–H groups in total. The van der Waals surface area contributed by atoms with Gasteiger partial charge in [-0.3, -0.25) is 4.79 Å². The van der Waals surface area contributed by atoms with Gasteiger partial charge in [0.1, 0.15) is 0 Å². The highest BCUT2D eigenvalue weighted by atomic mass is 16.2. The first kappa shape index (κ1) is 9.97. The van der Waals surface area contributed by atoms with Gasteiger partial charge in [-0.25, -0.2) is 0 Å². The molecule has 0 aromatic rings. The maximum absolute atomic E-state index is 11.9. The zero-order valence-corrected chi connectivity index (χ0v) is 8.94. The number of amides is 1. The molecule has 2 fully saturated rings. The van der Waals surface area contributed by atoms with Gasteiger partial charge in [0.2, 0.25) is 5.91 Å². The number of carbonyl (C=O) groups excluding carboxylic acids is 1. The molecule has 1 amide bonds. The smallest absolute Gasteiger partial charge is 0.240 e. The van der Waals surface area contributed by atoms with Gasteiger partial charge in [-0.15, -0.1) is 0 Å². The van der Waals surface area contributed by atoms with Crippen molar-refractivity contribution in [3.8, 4) is 0 Å². The molecule has 3 nitrogen and oxygen atoms in total. The molecule has 1 saturated heterocycles. The average Bonchev–Trinajstić information content (AvgIpc) is 2.76. The standard InChI is InChI=1S/C11H20N2O/c1-11(7-4-8-12-11)10(14)13-9-5-2-3-6-9/h9,12H,2-8H2,1H3,(H,13,14)/t11-/m0/s1. The van der Waals surface area contributed by atoms with E-state index < -0.39 is 0 Å². The minimum absolute atomic E-state index is 0.210. The fourth-order valence-electron chi connectivity index (χ4n) is 2.50. The van der Waals surface area contributed by atoms with E-state index in [1.165, 1.54) is 25.7 Å². The average molecular weight is 196 g/mol. The van der Waals surface area contributed by atoms with Crippen molar-refractivity contribution in [3.63, 3.8) is 0 Å². The fraction of sp³-hybridized carbons (Fsp3) is 0.909. The fourth-order valence-corrected chi connectivity index (χ4v) is 2.50. The molecule has 3 heteroatoms. The highest BCUT2D eigenvalue weighted by Gasteiger charge is 2.36. The first-order chi connectivity index (χ1) is 6.71. The van der Waals surface area contributed by atoms with Crippen LogP contribution < -0.4 is 10.6 Å². The Kier molecular flexibility index (Phi) is 2.77. The topological polar surface area (TPSA) is 41.1 Å². The maximum atomic E-state index is 11.9. The van der Waals surface area contributed by atoms with Gasteiger partial charge in [0.05, 0.1) is 5.54 Å². The molecule has 1 aliphatic heterocycles. The van der Waals surface area contributed by atoms with Gasteiger partial charge in [-0.05, 0) is 39.2 Å². The summed E-state index contributed by atoms with van der Waals surface area (Å²) in [6.45, 7) is 3.00. The second-order valence-corrected chi connectivity index (χ2v) is 4.82. The molecule has 1 heterocycles. The molecular weight excluding hydrogens is 176 g/mol. The summed E-state index contributed by atoms with van der Waals surface area (Å²) in [5, 5.41) is 6.45. The molecule has 2 aliphatic rings. The van der Waals surface area contributed by atoms with Crippen molar-refractivity contribution < 1.29 is 4.79 Å². The Morgan fingerprint density at radius 3 is 2.64 bits per heavy atom. The summed E-state index contributed by atoms with van der Waals surface area (Å²) in [6.07, 6.45) is 6.98. The Bertz CT molecular complexity index is 215. The quantitative estimate of drug-likeness (QED) is 0.696. The minimum atomic E-state index is -0.289. The maximum Gasteiger partial charge on any atom is 0.240 e. The lowest BCUT2D eigenvalue weighted by Gasteiger charge is -2.25. The second-order valence-electron chi connectivity index (χ2n) is 4.82. The van der Waals surface area contributed by atoms with Gasteiger partial charge >= 0.3 is 0 Å². The third kappa shape index (κ3) is 1.92. The van der Waals surface area contributed by atoms with E-state index in [1.54, 1.807) is 0 Å². The molecule has 14 heavy (non-hydrogen) atoms. The Balaban J connectivity index is 1.87. The highest BCUT2D eigenvalue weighted by molar-refractivity contribution is 5.86. The van der Waals surface area contributed by atoms with Gasteiger partial charge < -0.3 is 10.6 Å². The third-order valence-electron chi connectivity index (χ3n) is 3.56. The zero-order chi connectivity index (χ0) is 10.0. The van der Waals surface area contributed by atoms with E-state index in [1.807, 2.05) is 6.92 Å². The molecule has 0 unspecified atom stereocenters. The van der Waals surface area contributed by atoms with Crippen LogP contribution in [0.5, 0.6) is 0 Å². The lowest BCUT2D eigenvalue weighted by Crippen LogP contribution is -2.53. The molecule has 0 spiro atoms. The Labute approximate surface area is 85.6 Å². The van der Waals surface area contributed by atoms with Crippen LogP contribution in [0.3, 0.4) is 0 Å². The normalized spacial score (nSPS) is 33.5. The number of carbonyl (C=O) groups is 1. The number of rotatable bonds is 2. The molecule has 0 bridgehead atoms. The lowest BCUT2D eigenvalue weighted by molar-refractivity contribution is -0.127. The van der Waals surface area contributed by atoms with Crippen molar-refractivity contribution in [2.24, 2.45) is 0 Å². The minimum Gasteiger partial charge on any atom is -0.352 e. The second kappa shape index (κ2) is 3.89. The number of hydrogen-bond acceptors (Lipinski definition) is 2. The van der Waals surface area contributed by atoms with Crippen LogP contribution in [0.4, 0.5) is 0 Å². The van der Waals surface area contributed by atoms with Crippen molar-refractivity contribution in [2.75, 3.05) is 6.54 Å². The molecule has 2 rings (SSSR count). The van der Waals surface area contributed by atoms with Crippen LogP contribution in [0.1, 0.15) is 45.4 Å². The molecule has 1 saturated carbocycles. The van der Waals surface area contributed by atoms with Gasteiger partial charge in [0.25, 0.3) is 0 Å². The van der Waals surface area contributed by atoms with Crippen LogP contribution in [0.15, 0.2) is 0 Å². The first-order valence-corrected chi connectivity index (χ1v) is 5.77. The van der Waals surface area contributed by atoms with E-state index >= 15 is 0 Å². The van der Waals surface area contributed by atoms with Gasteiger partial charge in [0, 0.05) is 6.04 Å².